The average Bonchev–Trinajstić information content (AvgIpc) is 2.34. The number of nitrogens with one attached hydrogen (secondary N) is 1. The Kier molecular flexibility index (Phi) is 3.35. The lowest BCUT2D eigenvalue weighted by Gasteiger charge is -2.08. The summed E-state index contributed by atoms with van der Waals surface area (Å²) in [7, 11) is 0. The van der Waals surface area contributed by atoms with Gasteiger partial charge in [-0.15, -0.1) is 0 Å². The number of aromatic nitrogens is 1. The highest BCUT2D eigenvalue weighted by molar-refractivity contribution is 9.10. The van der Waals surface area contributed by atoms with Crippen LogP contribution in [0.1, 0.15) is 6.42 Å². The summed E-state index contributed by atoms with van der Waals surface area (Å²) in [5.41, 5.74) is 0.686. The van der Waals surface area contributed by atoms with Gasteiger partial charge in [-0.2, -0.15) is 5.26 Å². The van der Waals surface area contributed by atoms with Crippen molar-refractivity contribution >= 4 is 38.3 Å². The smallest absolute Gasteiger partial charge is 0.238 e. The van der Waals surface area contributed by atoms with Crippen LogP contribution in [0.2, 0.25) is 0 Å². The van der Waals surface area contributed by atoms with Crippen LogP contribution in [0.4, 0.5) is 5.69 Å². The first-order chi connectivity index (χ1) is 8.22. The van der Waals surface area contributed by atoms with Crippen LogP contribution >= 0.6 is 15.9 Å². The van der Waals surface area contributed by atoms with E-state index >= 15 is 0 Å². The normalized spacial score (nSPS) is 9.88. The van der Waals surface area contributed by atoms with Crippen LogP contribution in [0.5, 0.6) is 0 Å². The Bertz CT molecular complexity index is 619. The van der Waals surface area contributed by atoms with Crippen molar-refractivity contribution in [3.05, 3.63) is 35.1 Å². The number of carbonyl (C=O) groups is 1. The molecule has 4 nitrogen and oxygen atoms in total. The van der Waals surface area contributed by atoms with Gasteiger partial charge in [0.2, 0.25) is 5.91 Å². The topological polar surface area (TPSA) is 65.8 Å². The second-order valence-electron chi connectivity index (χ2n) is 3.40. The summed E-state index contributed by atoms with van der Waals surface area (Å²) in [4.78, 5) is 15.4. The highest BCUT2D eigenvalue weighted by Gasteiger charge is 2.07. The van der Waals surface area contributed by atoms with Crippen molar-refractivity contribution in [3.63, 3.8) is 0 Å². The van der Waals surface area contributed by atoms with Crippen LogP contribution < -0.4 is 5.32 Å². The Labute approximate surface area is 106 Å². The standard InChI is InChI=1S/C12H8BrN3O/c13-10-1-2-11(16-12(17)3-5-14)8-4-6-15-7-9(8)10/h1-2,4,6-7H,3H2,(H,16,17). The Balaban J connectivity index is 2.45. The molecule has 0 aliphatic carbocycles. The summed E-state index contributed by atoms with van der Waals surface area (Å²) in [6, 6.07) is 7.27. The Morgan fingerprint density at radius 3 is 3.00 bits per heavy atom. The Morgan fingerprint density at radius 2 is 2.24 bits per heavy atom. The molecule has 1 amide bonds. The van der Waals surface area contributed by atoms with Crippen LogP contribution in [0, 0.1) is 11.3 Å². The molecule has 17 heavy (non-hydrogen) atoms. The van der Waals surface area contributed by atoms with Gasteiger partial charge in [0.1, 0.15) is 6.42 Å². The number of rotatable bonds is 2. The van der Waals surface area contributed by atoms with Crippen molar-refractivity contribution in [3.8, 4) is 6.07 Å². The van der Waals surface area contributed by atoms with Gasteiger partial charge in [0.25, 0.3) is 0 Å². The predicted octanol–water partition coefficient (Wildman–Crippen LogP) is 2.85. The fourth-order valence-electron chi connectivity index (χ4n) is 1.53. The van der Waals surface area contributed by atoms with E-state index in [1.807, 2.05) is 18.2 Å². The number of hydrogen-bond acceptors (Lipinski definition) is 3. The van der Waals surface area contributed by atoms with Crippen molar-refractivity contribution in [1.29, 1.82) is 5.26 Å². The van der Waals surface area contributed by atoms with E-state index in [4.69, 9.17) is 5.26 Å². The van der Waals surface area contributed by atoms with Crippen LogP contribution in [0.3, 0.4) is 0 Å². The number of pyridine rings is 1. The quantitative estimate of drug-likeness (QED) is 0.924. The molecule has 1 N–H and O–H groups in total. The monoisotopic (exact) mass is 289 g/mol. The molecule has 0 atom stereocenters. The highest BCUT2D eigenvalue weighted by atomic mass is 79.9. The first-order valence-corrected chi connectivity index (χ1v) is 5.70. The summed E-state index contributed by atoms with van der Waals surface area (Å²) in [6.45, 7) is 0. The van der Waals surface area contributed by atoms with Gasteiger partial charge in [0, 0.05) is 33.3 Å². The van der Waals surface area contributed by atoms with E-state index in [1.165, 1.54) is 0 Å². The van der Waals surface area contributed by atoms with Crippen LogP contribution in [-0.4, -0.2) is 10.9 Å². The highest BCUT2D eigenvalue weighted by Crippen LogP contribution is 2.29. The van der Waals surface area contributed by atoms with E-state index < -0.39 is 0 Å². The van der Waals surface area contributed by atoms with Gasteiger partial charge in [0.05, 0.1) is 6.07 Å². The van der Waals surface area contributed by atoms with Crippen LogP contribution in [0.15, 0.2) is 35.1 Å². The Morgan fingerprint density at radius 1 is 1.41 bits per heavy atom. The number of benzene rings is 1. The van der Waals surface area contributed by atoms with Gasteiger partial charge >= 0.3 is 0 Å². The number of anilines is 1. The molecule has 0 aliphatic heterocycles. The van der Waals surface area contributed by atoms with E-state index in [0.717, 1.165) is 15.2 Å². The van der Waals surface area contributed by atoms with Crippen molar-refractivity contribution in [2.75, 3.05) is 5.32 Å². The van der Waals surface area contributed by atoms with Gasteiger partial charge in [-0.25, -0.2) is 0 Å². The number of fused-ring (bicyclic) bond motifs is 1. The number of carbonyl (C=O) groups excluding carboxylic acids is 1. The molecule has 0 bridgehead atoms. The summed E-state index contributed by atoms with van der Waals surface area (Å²) in [5.74, 6) is -0.312. The van der Waals surface area contributed by atoms with Crippen molar-refractivity contribution in [2.45, 2.75) is 6.42 Å². The maximum Gasteiger partial charge on any atom is 0.238 e. The lowest BCUT2D eigenvalue weighted by Crippen LogP contribution is -2.10. The molecular formula is C12H8BrN3O. The lowest BCUT2D eigenvalue weighted by molar-refractivity contribution is -0.115. The van der Waals surface area contributed by atoms with E-state index in [2.05, 4.69) is 26.2 Å². The Hall–Kier alpha value is -1.93. The molecule has 0 aliphatic rings. The minimum atomic E-state index is -0.312. The molecule has 2 rings (SSSR count). The zero-order valence-electron chi connectivity index (χ0n) is 8.77. The zero-order valence-corrected chi connectivity index (χ0v) is 10.4. The third kappa shape index (κ3) is 2.43. The first kappa shape index (κ1) is 11.6. The molecule has 0 saturated heterocycles. The molecule has 0 spiro atoms. The van der Waals surface area contributed by atoms with Gasteiger partial charge < -0.3 is 5.32 Å². The SMILES string of the molecule is N#CCC(=O)Nc1ccc(Br)c2cnccc12. The maximum atomic E-state index is 11.4. The second kappa shape index (κ2) is 4.93. The first-order valence-electron chi connectivity index (χ1n) is 4.91. The van der Waals surface area contributed by atoms with E-state index in [-0.39, 0.29) is 12.3 Å². The van der Waals surface area contributed by atoms with Gasteiger partial charge in [-0.05, 0) is 18.2 Å². The molecule has 2 aromatic rings. The third-order valence-electron chi connectivity index (χ3n) is 2.28. The number of amides is 1. The van der Waals surface area contributed by atoms with Crippen LogP contribution in [-0.2, 0) is 4.79 Å². The van der Waals surface area contributed by atoms with Crippen LogP contribution in [0.25, 0.3) is 10.8 Å². The summed E-state index contributed by atoms with van der Waals surface area (Å²) >= 11 is 3.42. The summed E-state index contributed by atoms with van der Waals surface area (Å²) in [5, 5.41) is 13.0. The molecule has 1 aromatic carbocycles. The van der Waals surface area contributed by atoms with Gasteiger partial charge in [-0.1, -0.05) is 15.9 Å². The number of hydrogen-bond donors (Lipinski definition) is 1. The lowest BCUT2D eigenvalue weighted by atomic mass is 10.1. The molecule has 0 radical (unpaired) electrons. The molecule has 1 heterocycles. The largest absolute Gasteiger partial charge is 0.325 e. The van der Waals surface area contributed by atoms with Crippen molar-refractivity contribution in [1.82, 2.24) is 4.98 Å². The minimum absolute atomic E-state index is 0.150. The fraction of sp³-hybridized carbons (Fsp3) is 0.0833. The molecule has 84 valence electrons. The van der Waals surface area contributed by atoms with Crippen molar-refractivity contribution in [2.24, 2.45) is 0 Å². The minimum Gasteiger partial charge on any atom is -0.325 e. The summed E-state index contributed by atoms with van der Waals surface area (Å²) in [6.07, 6.45) is 3.23. The number of nitriles is 1. The second-order valence-corrected chi connectivity index (χ2v) is 4.25. The molecule has 0 unspecified atom stereocenters. The average molecular weight is 290 g/mol. The molecule has 5 heteroatoms. The number of nitrogens with zero attached hydrogens (tertiary/aromatic N) is 2. The molecule has 1 aromatic heterocycles. The van der Waals surface area contributed by atoms with Crippen molar-refractivity contribution < 1.29 is 4.79 Å². The third-order valence-corrected chi connectivity index (χ3v) is 2.97. The molecule has 0 saturated carbocycles. The van der Waals surface area contributed by atoms with E-state index in [0.29, 0.717) is 5.69 Å². The predicted molar refractivity (Wildman–Crippen MR) is 68.3 cm³/mol. The number of halogens is 1. The van der Waals surface area contributed by atoms with E-state index in [1.54, 1.807) is 18.5 Å². The van der Waals surface area contributed by atoms with Gasteiger partial charge in [0.15, 0.2) is 0 Å². The van der Waals surface area contributed by atoms with E-state index in [9.17, 15) is 4.79 Å². The molecular weight excluding hydrogens is 282 g/mol. The van der Waals surface area contributed by atoms with Gasteiger partial charge in [-0.3, -0.25) is 9.78 Å². The fourth-order valence-corrected chi connectivity index (χ4v) is 1.98. The zero-order chi connectivity index (χ0) is 12.3. The molecule has 0 fully saturated rings. The maximum absolute atomic E-state index is 11.4. The summed E-state index contributed by atoms with van der Waals surface area (Å²) < 4.78 is 0.916.